The molecule has 0 bridgehead atoms. The summed E-state index contributed by atoms with van der Waals surface area (Å²) < 4.78 is 7.89. The summed E-state index contributed by atoms with van der Waals surface area (Å²) in [4.78, 5) is 23.6. The highest BCUT2D eigenvalue weighted by Gasteiger charge is 2.65. The summed E-state index contributed by atoms with van der Waals surface area (Å²) in [5.41, 5.74) is 2.97. The fourth-order valence-electron chi connectivity index (χ4n) is 6.68. The molecule has 3 aliphatic rings. The Morgan fingerprint density at radius 3 is 2.81 bits per heavy atom. The van der Waals surface area contributed by atoms with Gasteiger partial charge in [-0.1, -0.05) is 30.3 Å². The first-order chi connectivity index (χ1) is 15.7. The van der Waals surface area contributed by atoms with Crippen LogP contribution in [0.3, 0.4) is 0 Å². The molecule has 32 heavy (non-hydrogen) atoms. The van der Waals surface area contributed by atoms with Crippen LogP contribution in [0.5, 0.6) is 5.75 Å². The minimum Gasteiger partial charge on any atom is -0.496 e. The van der Waals surface area contributed by atoms with Crippen LogP contribution in [-0.2, 0) is 17.9 Å². The van der Waals surface area contributed by atoms with Crippen LogP contribution in [0.2, 0.25) is 0 Å². The van der Waals surface area contributed by atoms with E-state index in [0.29, 0.717) is 18.4 Å². The number of methoxy groups -OCH3 is 1. The van der Waals surface area contributed by atoms with Crippen LogP contribution in [0.1, 0.15) is 43.6 Å². The molecule has 0 unspecified atom stereocenters. The molecular weight excluding hydrogens is 400 g/mol. The van der Waals surface area contributed by atoms with Crippen LogP contribution in [0.4, 0.5) is 0 Å². The first kappa shape index (κ1) is 19.8. The Kier molecular flexibility index (Phi) is 4.54. The van der Waals surface area contributed by atoms with Crippen molar-refractivity contribution in [3.05, 3.63) is 59.9 Å². The Labute approximate surface area is 188 Å². The van der Waals surface area contributed by atoms with Gasteiger partial charge in [-0.15, -0.1) is 0 Å². The fraction of sp³-hybridized carbons (Fsp3) is 0.462. The highest BCUT2D eigenvalue weighted by atomic mass is 16.5. The van der Waals surface area contributed by atoms with Crippen LogP contribution >= 0.6 is 0 Å². The summed E-state index contributed by atoms with van der Waals surface area (Å²) in [6.07, 6.45) is 3.03. The molecule has 4 heterocycles. The average molecular weight is 431 g/mol. The third-order valence-electron chi connectivity index (χ3n) is 7.98. The van der Waals surface area contributed by atoms with Crippen molar-refractivity contribution in [2.45, 2.75) is 50.9 Å². The van der Waals surface area contributed by atoms with E-state index < -0.39 is 0 Å². The number of benzene rings is 2. The van der Waals surface area contributed by atoms with Gasteiger partial charge in [-0.25, -0.2) is 4.98 Å². The number of carbonyl (C=O) groups is 1. The molecule has 0 N–H and O–H groups in total. The number of imidazole rings is 1. The maximum Gasteiger partial charge on any atom is 0.243 e. The molecule has 6 heteroatoms. The maximum absolute atomic E-state index is 13.9. The quantitative estimate of drug-likeness (QED) is 0.614. The van der Waals surface area contributed by atoms with Crippen molar-refractivity contribution in [2.75, 3.05) is 20.2 Å². The van der Waals surface area contributed by atoms with E-state index in [1.165, 1.54) is 5.52 Å². The first-order valence-electron chi connectivity index (χ1n) is 11.8. The number of para-hydroxylation sites is 3. The number of hydrogen-bond donors (Lipinski definition) is 0. The number of nitrogens with zero attached hydrogens (tertiary/aromatic N) is 4. The number of ether oxygens (including phenoxy) is 1. The van der Waals surface area contributed by atoms with Crippen molar-refractivity contribution >= 4 is 16.9 Å². The number of aryl methyl sites for hydroxylation is 1. The summed E-state index contributed by atoms with van der Waals surface area (Å²) in [6.45, 7) is 5.49. The van der Waals surface area contributed by atoms with Gasteiger partial charge in [-0.2, -0.15) is 0 Å². The number of likely N-dealkylation sites (tertiary alicyclic amines) is 1. The van der Waals surface area contributed by atoms with Crippen LogP contribution < -0.4 is 4.74 Å². The lowest BCUT2D eigenvalue weighted by molar-refractivity contribution is -0.137. The largest absolute Gasteiger partial charge is 0.496 e. The number of aromatic nitrogens is 2. The second-order valence-electron chi connectivity index (χ2n) is 9.37. The Bertz CT molecular complexity index is 1190. The van der Waals surface area contributed by atoms with Crippen LogP contribution in [-0.4, -0.2) is 51.0 Å². The van der Waals surface area contributed by atoms with Gasteiger partial charge in [-0.3, -0.25) is 9.69 Å². The van der Waals surface area contributed by atoms with E-state index in [1.807, 2.05) is 18.2 Å². The van der Waals surface area contributed by atoms with Crippen molar-refractivity contribution in [3.63, 3.8) is 0 Å². The lowest BCUT2D eigenvalue weighted by Gasteiger charge is -2.33. The monoisotopic (exact) mass is 430 g/mol. The summed E-state index contributed by atoms with van der Waals surface area (Å²) >= 11 is 0. The molecule has 0 radical (unpaired) electrons. The van der Waals surface area contributed by atoms with Gasteiger partial charge in [0.2, 0.25) is 5.91 Å². The van der Waals surface area contributed by atoms with E-state index in [1.54, 1.807) is 7.11 Å². The third kappa shape index (κ3) is 2.62. The van der Waals surface area contributed by atoms with Crippen molar-refractivity contribution in [3.8, 4) is 5.75 Å². The third-order valence-corrected chi connectivity index (χ3v) is 7.98. The fourth-order valence-corrected chi connectivity index (χ4v) is 6.68. The smallest absolute Gasteiger partial charge is 0.243 e. The van der Waals surface area contributed by atoms with Crippen molar-refractivity contribution in [2.24, 2.45) is 5.92 Å². The molecule has 3 fully saturated rings. The van der Waals surface area contributed by atoms with Gasteiger partial charge < -0.3 is 14.2 Å². The molecule has 3 aliphatic heterocycles. The predicted molar refractivity (Wildman–Crippen MR) is 123 cm³/mol. The van der Waals surface area contributed by atoms with Crippen LogP contribution in [0.15, 0.2) is 48.5 Å². The van der Waals surface area contributed by atoms with E-state index in [0.717, 1.165) is 61.6 Å². The normalized spacial score (nSPS) is 27.3. The van der Waals surface area contributed by atoms with E-state index in [-0.39, 0.29) is 11.6 Å². The molecule has 3 aromatic rings. The summed E-state index contributed by atoms with van der Waals surface area (Å²) in [5.74, 6) is 2.64. The van der Waals surface area contributed by atoms with Gasteiger partial charge in [0.25, 0.3) is 0 Å². The van der Waals surface area contributed by atoms with Gasteiger partial charge in [-0.05, 0) is 44.4 Å². The highest BCUT2D eigenvalue weighted by Crippen LogP contribution is 2.56. The standard InChI is InChI=1S/C26H30N4O2/c1-3-29-21-11-6-5-10-20(21)27-24(29)22-15-19-17-28(16-18-9-4-7-12-23(18)32-2)25(31)26(19)13-8-14-30(22)26/h4-7,9-12,19,22H,3,8,13-17H2,1-2H3/t19-,22-,26-/m0/s1. The molecule has 3 atom stereocenters. The van der Waals surface area contributed by atoms with E-state index >= 15 is 0 Å². The highest BCUT2D eigenvalue weighted by molar-refractivity contribution is 5.90. The van der Waals surface area contributed by atoms with Gasteiger partial charge >= 0.3 is 0 Å². The number of amides is 1. The Morgan fingerprint density at radius 2 is 1.97 bits per heavy atom. The Hall–Kier alpha value is -2.86. The molecule has 0 aliphatic carbocycles. The van der Waals surface area contributed by atoms with E-state index in [9.17, 15) is 4.79 Å². The van der Waals surface area contributed by atoms with Crippen LogP contribution in [0.25, 0.3) is 11.0 Å². The lowest BCUT2D eigenvalue weighted by Crippen LogP contribution is -2.49. The summed E-state index contributed by atoms with van der Waals surface area (Å²) in [5, 5.41) is 0. The van der Waals surface area contributed by atoms with Gasteiger partial charge in [0.15, 0.2) is 0 Å². The molecule has 1 amide bonds. The van der Waals surface area contributed by atoms with E-state index in [4.69, 9.17) is 9.72 Å². The lowest BCUT2D eigenvalue weighted by atomic mass is 9.85. The number of fused-ring (bicyclic) bond motifs is 1. The number of rotatable bonds is 5. The predicted octanol–water partition coefficient (Wildman–Crippen LogP) is 4.00. The molecule has 6 nitrogen and oxygen atoms in total. The van der Waals surface area contributed by atoms with Crippen molar-refractivity contribution < 1.29 is 9.53 Å². The zero-order chi connectivity index (χ0) is 21.9. The SMILES string of the molecule is CCn1c([C@@H]2C[C@H]3CN(Cc4ccccc4OC)C(=O)[C@]34CCCN24)nc2ccccc21. The Balaban J connectivity index is 1.34. The minimum atomic E-state index is -0.358. The number of carbonyl (C=O) groups excluding carboxylic acids is 1. The maximum atomic E-state index is 13.9. The molecule has 6 rings (SSSR count). The average Bonchev–Trinajstić information content (AvgIpc) is 3.54. The molecule has 2 aromatic carbocycles. The zero-order valence-electron chi connectivity index (χ0n) is 18.8. The first-order valence-corrected chi connectivity index (χ1v) is 11.8. The molecular formula is C26H30N4O2. The summed E-state index contributed by atoms with van der Waals surface area (Å²) in [6, 6.07) is 16.6. The topological polar surface area (TPSA) is 50.6 Å². The molecule has 166 valence electrons. The second-order valence-corrected chi connectivity index (χ2v) is 9.37. The minimum absolute atomic E-state index is 0.215. The van der Waals surface area contributed by atoms with Gasteiger partial charge in [0.1, 0.15) is 17.1 Å². The zero-order valence-corrected chi connectivity index (χ0v) is 18.8. The molecule has 3 saturated heterocycles. The van der Waals surface area contributed by atoms with Crippen LogP contribution in [0, 0.1) is 5.92 Å². The number of hydrogen-bond acceptors (Lipinski definition) is 4. The van der Waals surface area contributed by atoms with Gasteiger partial charge in [0, 0.05) is 37.7 Å². The summed E-state index contributed by atoms with van der Waals surface area (Å²) in [7, 11) is 1.70. The Morgan fingerprint density at radius 1 is 1.16 bits per heavy atom. The molecule has 1 spiro atoms. The molecule has 1 aromatic heterocycles. The van der Waals surface area contributed by atoms with Crippen molar-refractivity contribution in [1.29, 1.82) is 0 Å². The van der Waals surface area contributed by atoms with Crippen molar-refractivity contribution in [1.82, 2.24) is 19.4 Å². The van der Waals surface area contributed by atoms with Gasteiger partial charge in [0.05, 0.1) is 24.2 Å². The van der Waals surface area contributed by atoms with E-state index in [2.05, 4.69) is 51.6 Å². The molecule has 0 saturated carbocycles. The second kappa shape index (κ2) is 7.34.